The fourth-order valence-corrected chi connectivity index (χ4v) is 0.366. The molecule has 0 spiro atoms. The van der Waals surface area contributed by atoms with Crippen LogP contribution in [-0.2, 0) is 4.52 Å². The van der Waals surface area contributed by atoms with Crippen LogP contribution in [0.25, 0.3) is 0 Å². The van der Waals surface area contributed by atoms with Crippen molar-refractivity contribution in [3.8, 4) is 0 Å². The summed E-state index contributed by atoms with van der Waals surface area (Å²) in [5.41, 5.74) is 0. The molecule has 7 heteroatoms. The van der Waals surface area contributed by atoms with Gasteiger partial charge in [0.1, 0.15) is 0 Å². The third kappa shape index (κ3) is 8.04. The Labute approximate surface area is 48.9 Å². The second-order valence-corrected chi connectivity index (χ2v) is 1.75. The van der Waals surface area contributed by atoms with Crippen molar-refractivity contribution >= 4 is 8.77 Å². The lowest BCUT2D eigenvalue weighted by Gasteiger charge is -2.03. The molecule has 0 rings (SSSR count). The van der Waals surface area contributed by atoms with E-state index >= 15 is 0 Å². The predicted octanol–water partition coefficient (Wildman–Crippen LogP) is 2.73. The van der Waals surface area contributed by atoms with E-state index in [4.69, 9.17) is 0 Å². The van der Waals surface area contributed by atoms with Crippen molar-refractivity contribution in [3.05, 3.63) is 0 Å². The van der Waals surface area contributed by atoms with Crippen LogP contribution in [-0.4, -0.2) is 12.8 Å². The molecule has 0 radical (unpaired) electrons. The number of alkyl halides is 3. The second-order valence-electron chi connectivity index (χ2n) is 1.09. The standard InChI is InChI=1S/C2H2F5OP/c3-2(4,5)1-8-9(6)7/h1H2. The Hall–Kier alpha value is 0.0400. The normalized spacial score (nSPS) is 12.7. The highest BCUT2D eigenvalue weighted by Crippen LogP contribution is 2.41. The maximum atomic E-state index is 11.0. The predicted molar refractivity (Wildman–Crippen MR) is 21.1 cm³/mol. The zero-order chi connectivity index (χ0) is 7.49. The smallest absolute Gasteiger partial charge is 0.296 e. The van der Waals surface area contributed by atoms with Gasteiger partial charge in [0.2, 0.25) is 0 Å². The van der Waals surface area contributed by atoms with Crippen molar-refractivity contribution in [2.75, 3.05) is 6.61 Å². The molecular formula is C2H2F5OP. The van der Waals surface area contributed by atoms with Crippen LogP contribution in [0.4, 0.5) is 21.6 Å². The molecule has 0 unspecified atom stereocenters. The van der Waals surface area contributed by atoms with Crippen molar-refractivity contribution in [1.82, 2.24) is 0 Å². The van der Waals surface area contributed by atoms with Gasteiger partial charge in [-0.2, -0.15) is 21.6 Å². The van der Waals surface area contributed by atoms with E-state index in [-0.39, 0.29) is 0 Å². The summed E-state index contributed by atoms with van der Waals surface area (Å²) in [6.45, 7) is -1.87. The summed E-state index contributed by atoms with van der Waals surface area (Å²) >= 11 is 0. The zero-order valence-corrected chi connectivity index (χ0v) is 4.85. The van der Waals surface area contributed by atoms with Gasteiger partial charge in [-0.05, 0) is 0 Å². The first kappa shape index (κ1) is 9.04. The molecule has 0 heterocycles. The topological polar surface area (TPSA) is 9.23 Å². The summed E-state index contributed by atoms with van der Waals surface area (Å²) in [5.74, 6) is 0. The van der Waals surface area contributed by atoms with Crippen LogP contribution in [0.1, 0.15) is 0 Å². The van der Waals surface area contributed by atoms with E-state index < -0.39 is 21.6 Å². The van der Waals surface area contributed by atoms with Gasteiger partial charge in [-0.25, -0.2) is 0 Å². The second kappa shape index (κ2) is 3.27. The minimum absolute atomic E-state index is 1.87. The van der Waals surface area contributed by atoms with E-state index in [1.54, 1.807) is 0 Å². The molecule has 0 aromatic rings. The molecule has 0 N–H and O–H groups in total. The molecule has 0 aromatic heterocycles. The Morgan fingerprint density at radius 1 is 1.22 bits per heavy atom. The highest BCUT2D eigenvalue weighted by atomic mass is 31.2. The van der Waals surface area contributed by atoms with E-state index in [0.717, 1.165) is 0 Å². The molecule has 0 aromatic carbocycles. The van der Waals surface area contributed by atoms with Gasteiger partial charge in [0.05, 0.1) is 0 Å². The molecule has 9 heavy (non-hydrogen) atoms. The van der Waals surface area contributed by atoms with Crippen LogP contribution < -0.4 is 0 Å². The Bertz CT molecular complexity index is 79.5. The van der Waals surface area contributed by atoms with E-state index in [0.29, 0.717) is 0 Å². The quantitative estimate of drug-likeness (QED) is 0.455. The Kier molecular flexibility index (Phi) is 3.28. The van der Waals surface area contributed by atoms with Crippen molar-refractivity contribution in [3.63, 3.8) is 0 Å². The van der Waals surface area contributed by atoms with E-state index in [9.17, 15) is 21.6 Å². The van der Waals surface area contributed by atoms with Crippen molar-refractivity contribution in [2.24, 2.45) is 0 Å². The number of hydrogen-bond acceptors (Lipinski definition) is 1. The highest BCUT2D eigenvalue weighted by Gasteiger charge is 2.29. The van der Waals surface area contributed by atoms with Crippen LogP contribution in [0, 0.1) is 0 Å². The highest BCUT2D eigenvalue weighted by molar-refractivity contribution is 7.40. The van der Waals surface area contributed by atoms with Crippen LogP contribution >= 0.6 is 8.77 Å². The van der Waals surface area contributed by atoms with Gasteiger partial charge in [-0.3, -0.25) is 4.52 Å². The summed E-state index contributed by atoms with van der Waals surface area (Å²) in [7, 11) is -3.88. The maximum absolute atomic E-state index is 11.0. The molecular weight excluding hydrogens is 166 g/mol. The summed E-state index contributed by atoms with van der Waals surface area (Å²) in [6, 6.07) is 0. The molecule has 0 bridgehead atoms. The van der Waals surface area contributed by atoms with Gasteiger partial charge >= 0.3 is 14.9 Å². The fraction of sp³-hybridized carbons (Fsp3) is 1.00. The van der Waals surface area contributed by atoms with Crippen LogP contribution in [0.5, 0.6) is 0 Å². The lowest BCUT2D eigenvalue weighted by atomic mass is 10.7. The van der Waals surface area contributed by atoms with Crippen LogP contribution in [0.15, 0.2) is 0 Å². The summed E-state index contributed by atoms with van der Waals surface area (Å²) in [5, 5.41) is 0. The number of rotatable bonds is 2. The van der Waals surface area contributed by atoms with Gasteiger partial charge in [-0.1, -0.05) is 0 Å². The lowest BCUT2D eigenvalue weighted by Crippen LogP contribution is -2.14. The molecule has 0 amide bonds. The van der Waals surface area contributed by atoms with Gasteiger partial charge in [0, 0.05) is 0 Å². The van der Waals surface area contributed by atoms with E-state index in [2.05, 4.69) is 4.52 Å². The largest absolute Gasteiger partial charge is 0.415 e. The molecule has 0 saturated carbocycles. The van der Waals surface area contributed by atoms with E-state index in [1.807, 2.05) is 0 Å². The summed E-state index contributed by atoms with van der Waals surface area (Å²) in [4.78, 5) is 0. The number of halogens is 5. The third-order valence-corrected chi connectivity index (χ3v) is 0.650. The molecule has 0 saturated heterocycles. The number of hydrogen-bond donors (Lipinski definition) is 0. The molecule has 0 atom stereocenters. The van der Waals surface area contributed by atoms with Crippen molar-refractivity contribution < 1.29 is 26.1 Å². The average Bonchev–Trinajstić information content (AvgIpc) is 1.59. The fourth-order valence-electron chi connectivity index (χ4n) is 0.122. The molecule has 0 aliphatic heterocycles. The van der Waals surface area contributed by atoms with Gasteiger partial charge in [-0.15, -0.1) is 0 Å². The molecule has 56 valence electrons. The Balaban J connectivity index is 3.28. The van der Waals surface area contributed by atoms with Crippen LogP contribution in [0.2, 0.25) is 0 Å². The van der Waals surface area contributed by atoms with Crippen LogP contribution in [0.3, 0.4) is 0 Å². The molecule has 0 fully saturated rings. The van der Waals surface area contributed by atoms with E-state index in [1.165, 1.54) is 0 Å². The summed E-state index contributed by atoms with van der Waals surface area (Å²) in [6.07, 6.45) is -4.65. The third-order valence-electron chi connectivity index (χ3n) is 0.326. The SMILES string of the molecule is FP(F)OCC(F)(F)F. The molecule has 1 nitrogen and oxygen atoms in total. The van der Waals surface area contributed by atoms with Gasteiger partial charge in [0.25, 0.3) is 0 Å². The minimum atomic E-state index is -4.65. The minimum Gasteiger partial charge on any atom is -0.296 e. The summed E-state index contributed by atoms with van der Waals surface area (Å²) < 4.78 is 57.7. The maximum Gasteiger partial charge on any atom is 0.415 e. The van der Waals surface area contributed by atoms with Gasteiger partial charge in [0.15, 0.2) is 6.61 Å². The monoisotopic (exact) mass is 168 g/mol. The lowest BCUT2D eigenvalue weighted by molar-refractivity contribution is -0.153. The van der Waals surface area contributed by atoms with Crippen molar-refractivity contribution in [2.45, 2.75) is 6.18 Å². The first-order valence-corrected chi connectivity index (χ1v) is 2.77. The van der Waals surface area contributed by atoms with Gasteiger partial charge < -0.3 is 0 Å². The first-order chi connectivity index (χ1) is 3.92. The molecule has 0 aliphatic rings. The molecule has 0 aliphatic carbocycles. The zero-order valence-electron chi connectivity index (χ0n) is 3.95. The Morgan fingerprint density at radius 2 is 1.67 bits per heavy atom. The van der Waals surface area contributed by atoms with Crippen molar-refractivity contribution in [1.29, 1.82) is 0 Å². The average molecular weight is 168 g/mol. The first-order valence-electron chi connectivity index (χ1n) is 1.73. The Morgan fingerprint density at radius 3 is 1.78 bits per heavy atom.